The third kappa shape index (κ3) is 5.31. The molecule has 96 valence electrons. The van der Waals surface area contributed by atoms with Crippen LogP contribution in [0.25, 0.3) is 0 Å². The fourth-order valence-electron chi connectivity index (χ4n) is 1.14. The number of pyridine rings is 1. The van der Waals surface area contributed by atoms with Crippen molar-refractivity contribution in [2.45, 2.75) is 45.2 Å². The first-order valence-electron chi connectivity index (χ1n) is 5.86. The summed E-state index contributed by atoms with van der Waals surface area (Å²) in [6, 6.07) is 3.80. The summed E-state index contributed by atoms with van der Waals surface area (Å²) in [4.78, 5) is 4.45. The van der Waals surface area contributed by atoms with Gasteiger partial charge >= 0.3 is 0 Å². The predicted octanol–water partition coefficient (Wildman–Crippen LogP) is 3.59. The average molecular weight is 254 g/mol. The van der Waals surface area contributed by atoms with Crippen molar-refractivity contribution in [1.29, 1.82) is 0 Å². The molecule has 1 aromatic rings. The van der Waals surface area contributed by atoms with Gasteiger partial charge in [0, 0.05) is 5.75 Å². The molecule has 0 aliphatic rings. The van der Waals surface area contributed by atoms with Crippen molar-refractivity contribution in [3.8, 4) is 5.88 Å². The Morgan fingerprint density at radius 2 is 2.00 bits per heavy atom. The Labute approximate surface area is 108 Å². The maximum atomic E-state index is 5.86. The molecule has 0 fully saturated rings. The number of nitrogens with two attached hydrogens (primary N) is 1. The maximum Gasteiger partial charge on any atom is 0.238 e. The second kappa shape index (κ2) is 5.63. The highest BCUT2D eigenvalue weighted by Crippen LogP contribution is 2.27. The van der Waals surface area contributed by atoms with Crippen molar-refractivity contribution >= 4 is 17.4 Å². The molecule has 0 saturated heterocycles. The normalized spacial score (nSPS) is 11.9. The van der Waals surface area contributed by atoms with E-state index in [1.165, 1.54) is 0 Å². The van der Waals surface area contributed by atoms with E-state index in [0.717, 1.165) is 10.8 Å². The zero-order valence-corrected chi connectivity index (χ0v) is 12.1. The summed E-state index contributed by atoms with van der Waals surface area (Å²) in [5, 5.41) is 0.965. The summed E-state index contributed by atoms with van der Waals surface area (Å²) in [6.07, 6.45) is 0. The minimum atomic E-state index is -0.275. The molecule has 0 aliphatic heterocycles. The molecule has 17 heavy (non-hydrogen) atoms. The molecule has 0 aliphatic carbocycles. The Bertz CT molecular complexity index is 372. The Morgan fingerprint density at radius 3 is 2.53 bits per heavy atom. The molecule has 2 N–H and O–H groups in total. The molecular weight excluding hydrogens is 232 g/mol. The Balaban J connectivity index is 2.79. The van der Waals surface area contributed by atoms with E-state index in [2.05, 4.69) is 18.8 Å². The summed E-state index contributed by atoms with van der Waals surface area (Å²) in [7, 11) is 0. The highest BCUT2D eigenvalue weighted by atomic mass is 32.2. The number of thioether (sulfide) groups is 1. The molecule has 1 rings (SSSR count). The van der Waals surface area contributed by atoms with Gasteiger partial charge in [-0.25, -0.2) is 4.98 Å². The van der Waals surface area contributed by atoms with Crippen LogP contribution in [0, 0.1) is 5.92 Å². The van der Waals surface area contributed by atoms with Crippen LogP contribution in [0.5, 0.6) is 5.88 Å². The van der Waals surface area contributed by atoms with Crippen molar-refractivity contribution in [2.24, 2.45) is 5.92 Å². The van der Waals surface area contributed by atoms with E-state index in [0.29, 0.717) is 17.5 Å². The highest BCUT2D eigenvalue weighted by Gasteiger charge is 2.15. The molecule has 0 aromatic carbocycles. The largest absolute Gasteiger partial charge is 0.470 e. The molecule has 4 heteroatoms. The van der Waals surface area contributed by atoms with E-state index in [4.69, 9.17) is 10.5 Å². The zero-order chi connectivity index (χ0) is 13.1. The first-order valence-corrected chi connectivity index (χ1v) is 6.85. The second-order valence-corrected chi connectivity index (χ2v) is 6.50. The lowest BCUT2D eigenvalue weighted by Gasteiger charge is -2.21. The van der Waals surface area contributed by atoms with Gasteiger partial charge in [0.05, 0.1) is 5.69 Å². The van der Waals surface area contributed by atoms with Crippen LogP contribution in [-0.4, -0.2) is 16.3 Å². The van der Waals surface area contributed by atoms with Gasteiger partial charge in [-0.15, -0.1) is 11.8 Å². The first-order chi connectivity index (χ1) is 7.78. The van der Waals surface area contributed by atoms with Gasteiger partial charge in [-0.3, -0.25) is 0 Å². The van der Waals surface area contributed by atoms with Crippen LogP contribution in [0.3, 0.4) is 0 Å². The molecular formula is C13H22N2OS. The van der Waals surface area contributed by atoms with Gasteiger partial charge in [-0.1, -0.05) is 13.8 Å². The van der Waals surface area contributed by atoms with Gasteiger partial charge < -0.3 is 10.5 Å². The second-order valence-electron chi connectivity index (χ2n) is 5.46. The third-order valence-corrected chi connectivity index (χ3v) is 3.19. The van der Waals surface area contributed by atoms with Crippen LogP contribution in [0.2, 0.25) is 0 Å². The number of hydrogen-bond acceptors (Lipinski definition) is 4. The van der Waals surface area contributed by atoms with E-state index in [-0.39, 0.29) is 5.60 Å². The van der Waals surface area contributed by atoms with Gasteiger partial charge in [0.1, 0.15) is 10.6 Å². The number of hydrogen-bond donors (Lipinski definition) is 1. The maximum absolute atomic E-state index is 5.86. The monoisotopic (exact) mass is 254 g/mol. The topological polar surface area (TPSA) is 48.1 Å². The van der Waals surface area contributed by atoms with Gasteiger partial charge in [0.25, 0.3) is 0 Å². The van der Waals surface area contributed by atoms with E-state index in [1.807, 2.05) is 32.9 Å². The Hall–Kier alpha value is -0.900. The summed E-state index contributed by atoms with van der Waals surface area (Å²) in [5.41, 5.74) is 6.17. The zero-order valence-electron chi connectivity index (χ0n) is 11.3. The van der Waals surface area contributed by atoms with Crippen molar-refractivity contribution in [2.75, 3.05) is 11.5 Å². The molecule has 3 nitrogen and oxygen atoms in total. The summed E-state index contributed by atoms with van der Waals surface area (Å²) >= 11 is 1.73. The van der Waals surface area contributed by atoms with Crippen molar-refractivity contribution in [3.63, 3.8) is 0 Å². The minimum absolute atomic E-state index is 0.275. The quantitative estimate of drug-likeness (QED) is 0.834. The molecule has 0 atom stereocenters. The Morgan fingerprint density at radius 1 is 1.35 bits per heavy atom. The molecule has 0 spiro atoms. The number of anilines is 1. The minimum Gasteiger partial charge on any atom is -0.470 e. The van der Waals surface area contributed by atoms with Crippen molar-refractivity contribution in [1.82, 2.24) is 4.98 Å². The number of aromatic nitrogens is 1. The molecule has 0 unspecified atom stereocenters. The molecule has 0 bridgehead atoms. The van der Waals surface area contributed by atoms with Gasteiger partial charge in [-0.05, 0) is 38.8 Å². The fraction of sp³-hybridized carbons (Fsp3) is 0.615. The molecule has 1 heterocycles. The first kappa shape index (κ1) is 14.2. The number of nitrogen functional groups attached to an aromatic ring is 1. The van der Waals surface area contributed by atoms with E-state index in [1.54, 1.807) is 11.8 Å². The van der Waals surface area contributed by atoms with Crippen LogP contribution >= 0.6 is 11.8 Å². The smallest absolute Gasteiger partial charge is 0.238 e. The lowest BCUT2D eigenvalue weighted by Crippen LogP contribution is -2.24. The van der Waals surface area contributed by atoms with Gasteiger partial charge in [0.15, 0.2) is 0 Å². The van der Waals surface area contributed by atoms with Crippen LogP contribution < -0.4 is 10.5 Å². The third-order valence-electron chi connectivity index (χ3n) is 1.83. The molecule has 0 amide bonds. The standard InChI is InChI=1S/C13H22N2OS/c1-9(2)8-17-11-7-6-10(14)12(15-11)16-13(3,4)5/h6-7,9H,8,14H2,1-5H3. The SMILES string of the molecule is CC(C)CSc1ccc(N)c(OC(C)(C)C)n1. The molecule has 0 radical (unpaired) electrons. The van der Waals surface area contributed by atoms with E-state index >= 15 is 0 Å². The summed E-state index contributed by atoms with van der Waals surface area (Å²) < 4.78 is 5.73. The van der Waals surface area contributed by atoms with E-state index in [9.17, 15) is 0 Å². The Kier molecular flexibility index (Phi) is 4.69. The van der Waals surface area contributed by atoms with Crippen molar-refractivity contribution in [3.05, 3.63) is 12.1 Å². The lowest BCUT2D eigenvalue weighted by atomic mass is 10.2. The fourth-order valence-corrected chi connectivity index (χ4v) is 1.95. The average Bonchev–Trinajstić information content (AvgIpc) is 2.17. The van der Waals surface area contributed by atoms with Crippen molar-refractivity contribution < 1.29 is 4.74 Å². The molecule has 0 saturated carbocycles. The van der Waals surface area contributed by atoms with Crippen LogP contribution in [0.4, 0.5) is 5.69 Å². The number of ether oxygens (including phenoxy) is 1. The van der Waals surface area contributed by atoms with Crippen LogP contribution in [-0.2, 0) is 0 Å². The summed E-state index contributed by atoms with van der Waals surface area (Å²) in [5.74, 6) is 2.23. The van der Waals surface area contributed by atoms with Gasteiger partial charge in [-0.2, -0.15) is 0 Å². The van der Waals surface area contributed by atoms with Gasteiger partial charge in [0.2, 0.25) is 5.88 Å². The lowest BCUT2D eigenvalue weighted by molar-refractivity contribution is 0.124. The van der Waals surface area contributed by atoms with Crippen LogP contribution in [0.15, 0.2) is 17.2 Å². The van der Waals surface area contributed by atoms with E-state index < -0.39 is 0 Å². The molecule has 1 aromatic heterocycles. The number of nitrogens with zero attached hydrogens (tertiary/aromatic N) is 1. The predicted molar refractivity (Wildman–Crippen MR) is 74.6 cm³/mol. The summed E-state index contributed by atoms with van der Waals surface area (Å²) in [6.45, 7) is 10.3. The highest BCUT2D eigenvalue weighted by molar-refractivity contribution is 7.99. The number of rotatable bonds is 4. The van der Waals surface area contributed by atoms with Crippen LogP contribution in [0.1, 0.15) is 34.6 Å².